The molecular formula is C16H25NO. The van der Waals surface area contributed by atoms with Gasteiger partial charge < -0.3 is 10.1 Å². The Hall–Kier alpha value is -0.860. The Morgan fingerprint density at radius 3 is 2.44 bits per heavy atom. The quantitative estimate of drug-likeness (QED) is 0.860. The second kappa shape index (κ2) is 6.91. The van der Waals surface area contributed by atoms with Gasteiger partial charge in [-0.2, -0.15) is 0 Å². The Bertz CT molecular complexity index is 347. The van der Waals surface area contributed by atoms with Crippen LogP contribution in [0.2, 0.25) is 0 Å². The molecular weight excluding hydrogens is 222 g/mol. The summed E-state index contributed by atoms with van der Waals surface area (Å²) in [6.07, 6.45) is 5.73. The van der Waals surface area contributed by atoms with Crippen molar-refractivity contribution in [3.8, 4) is 0 Å². The van der Waals surface area contributed by atoms with Crippen LogP contribution in [0.1, 0.15) is 43.7 Å². The molecule has 2 rings (SSSR count). The molecule has 1 aliphatic carbocycles. The molecule has 1 fully saturated rings. The van der Waals surface area contributed by atoms with Crippen LogP contribution in [0.3, 0.4) is 0 Å². The largest absolute Gasteiger partial charge is 0.373 e. The van der Waals surface area contributed by atoms with E-state index in [9.17, 15) is 0 Å². The summed E-state index contributed by atoms with van der Waals surface area (Å²) in [7, 11) is 1.97. The Labute approximate surface area is 111 Å². The predicted molar refractivity (Wildman–Crippen MR) is 75.4 cm³/mol. The lowest BCUT2D eigenvalue weighted by molar-refractivity contribution is -0.0154. The van der Waals surface area contributed by atoms with E-state index in [0.717, 1.165) is 19.1 Å². The lowest BCUT2D eigenvalue weighted by Gasteiger charge is -2.28. The predicted octanol–water partition coefficient (Wildman–Crippen LogP) is 3.50. The van der Waals surface area contributed by atoms with Gasteiger partial charge in [-0.05, 0) is 36.9 Å². The van der Waals surface area contributed by atoms with Gasteiger partial charge in [-0.3, -0.25) is 0 Å². The average molecular weight is 247 g/mol. The minimum absolute atomic E-state index is 0.468. The van der Waals surface area contributed by atoms with Gasteiger partial charge in [0.05, 0.1) is 12.7 Å². The van der Waals surface area contributed by atoms with Crippen molar-refractivity contribution in [2.75, 3.05) is 7.05 Å². The van der Waals surface area contributed by atoms with Gasteiger partial charge in [-0.1, -0.05) is 44.0 Å². The molecule has 1 aromatic rings. The molecule has 1 N–H and O–H groups in total. The van der Waals surface area contributed by atoms with Crippen LogP contribution in [0.15, 0.2) is 24.3 Å². The molecule has 2 atom stereocenters. The molecule has 2 unspecified atom stereocenters. The van der Waals surface area contributed by atoms with Gasteiger partial charge in [0, 0.05) is 6.54 Å². The zero-order chi connectivity index (χ0) is 12.8. The second-order valence-electron chi connectivity index (χ2n) is 5.46. The van der Waals surface area contributed by atoms with E-state index in [1.165, 1.54) is 36.8 Å². The maximum absolute atomic E-state index is 6.07. The maximum atomic E-state index is 6.07. The van der Waals surface area contributed by atoms with Crippen molar-refractivity contribution in [3.05, 3.63) is 35.4 Å². The second-order valence-corrected chi connectivity index (χ2v) is 5.46. The van der Waals surface area contributed by atoms with Crippen LogP contribution in [0.5, 0.6) is 0 Å². The van der Waals surface area contributed by atoms with Gasteiger partial charge in [0.1, 0.15) is 0 Å². The first-order chi connectivity index (χ1) is 8.79. The molecule has 100 valence electrons. The summed E-state index contributed by atoms with van der Waals surface area (Å²) >= 11 is 0. The van der Waals surface area contributed by atoms with E-state index in [2.05, 4.69) is 36.5 Å². The highest BCUT2D eigenvalue weighted by Gasteiger charge is 2.21. The van der Waals surface area contributed by atoms with Gasteiger partial charge >= 0.3 is 0 Å². The van der Waals surface area contributed by atoms with Crippen LogP contribution in [0, 0.1) is 5.92 Å². The lowest BCUT2D eigenvalue weighted by Crippen LogP contribution is -2.25. The normalized spacial score (nSPS) is 24.1. The highest BCUT2D eigenvalue weighted by Crippen LogP contribution is 2.27. The Morgan fingerprint density at radius 1 is 1.11 bits per heavy atom. The van der Waals surface area contributed by atoms with Gasteiger partial charge in [0.2, 0.25) is 0 Å². The summed E-state index contributed by atoms with van der Waals surface area (Å²) in [5.41, 5.74) is 2.61. The monoisotopic (exact) mass is 247 g/mol. The first-order valence-electron chi connectivity index (χ1n) is 7.13. The zero-order valence-electron chi connectivity index (χ0n) is 11.6. The average Bonchev–Trinajstić information content (AvgIpc) is 2.40. The Balaban J connectivity index is 1.82. The van der Waals surface area contributed by atoms with E-state index >= 15 is 0 Å². The summed E-state index contributed by atoms with van der Waals surface area (Å²) in [5.74, 6) is 0.724. The van der Waals surface area contributed by atoms with E-state index < -0.39 is 0 Å². The fourth-order valence-electron chi connectivity index (χ4n) is 2.69. The number of nitrogens with one attached hydrogen (secondary N) is 1. The Morgan fingerprint density at radius 2 is 1.78 bits per heavy atom. The summed E-state index contributed by atoms with van der Waals surface area (Å²) < 4.78 is 6.07. The SMILES string of the molecule is CNCc1ccc(COC2CCCCC2C)cc1. The van der Waals surface area contributed by atoms with Crippen LogP contribution >= 0.6 is 0 Å². The standard InChI is InChI=1S/C16H25NO/c1-13-5-3-4-6-16(13)18-12-15-9-7-14(8-10-15)11-17-2/h7-10,13,16-17H,3-6,11-12H2,1-2H3. The molecule has 1 saturated carbocycles. The molecule has 0 amide bonds. The molecule has 0 spiro atoms. The van der Waals surface area contributed by atoms with Crippen molar-refractivity contribution < 1.29 is 4.74 Å². The number of hydrogen-bond donors (Lipinski definition) is 1. The lowest BCUT2D eigenvalue weighted by atomic mass is 9.88. The molecule has 1 aliphatic rings. The maximum Gasteiger partial charge on any atom is 0.0720 e. The highest BCUT2D eigenvalue weighted by atomic mass is 16.5. The van der Waals surface area contributed by atoms with Crippen molar-refractivity contribution >= 4 is 0 Å². The van der Waals surface area contributed by atoms with Crippen LogP contribution in [-0.2, 0) is 17.9 Å². The van der Waals surface area contributed by atoms with Crippen molar-refractivity contribution in [3.63, 3.8) is 0 Å². The van der Waals surface area contributed by atoms with Crippen LogP contribution in [0.4, 0.5) is 0 Å². The van der Waals surface area contributed by atoms with Crippen molar-refractivity contribution in [1.29, 1.82) is 0 Å². The highest BCUT2D eigenvalue weighted by molar-refractivity contribution is 5.21. The molecule has 2 nitrogen and oxygen atoms in total. The molecule has 18 heavy (non-hydrogen) atoms. The summed E-state index contributed by atoms with van der Waals surface area (Å²) in [4.78, 5) is 0. The molecule has 0 bridgehead atoms. The molecule has 0 heterocycles. The zero-order valence-corrected chi connectivity index (χ0v) is 11.6. The van der Waals surface area contributed by atoms with Crippen molar-refractivity contribution in [2.45, 2.75) is 51.9 Å². The minimum Gasteiger partial charge on any atom is -0.373 e. The molecule has 0 radical (unpaired) electrons. The number of ether oxygens (including phenoxy) is 1. The Kier molecular flexibility index (Phi) is 5.21. The van der Waals surface area contributed by atoms with E-state index in [1.807, 2.05) is 7.05 Å². The van der Waals surface area contributed by atoms with Gasteiger partial charge in [-0.15, -0.1) is 0 Å². The van der Waals surface area contributed by atoms with Crippen LogP contribution in [-0.4, -0.2) is 13.2 Å². The first-order valence-corrected chi connectivity index (χ1v) is 7.13. The van der Waals surface area contributed by atoms with Crippen molar-refractivity contribution in [2.24, 2.45) is 5.92 Å². The fourth-order valence-corrected chi connectivity index (χ4v) is 2.69. The molecule has 2 heteroatoms. The molecule has 0 aromatic heterocycles. The van der Waals surface area contributed by atoms with Crippen LogP contribution in [0.25, 0.3) is 0 Å². The summed E-state index contributed by atoms with van der Waals surface area (Å²) in [6, 6.07) is 8.72. The number of rotatable bonds is 5. The molecule has 0 saturated heterocycles. The first kappa shape index (κ1) is 13.6. The third-order valence-corrected chi connectivity index (χ3v) is 3.90. The fraction of sp³-hybridized carbons (Fsp3) is 0.625. The van der Waals surface area contributed by atoms with Gasteiger partial charge in [-0.25, -0.2) is 0 Å². The number of benzene rings is 1. The topological polar surface area (TPSA) is 21.3 Å². The third-order valence-electron chi connectivity index (χ3n) is 3.90. The van der Waals surface area contributed by atoms with E-state index in [-0.39, 0.29) is 0 Å². The van der Waals surface area contributed by atoms with Crippen molar-refractivity contribution in [1.82, 2.24) is 5.32 Å². The van der Waals surface area contributed by atoms with Crippen LogP contribution < -0.4 is 5.32 Å². The third kappa shape index (κ3) is 3.82. The summed E-state index contributed by atoms with van der Waals surface area (Å²) in [5, 5.41) is 3.16. The summed E-state index contributed by atoms with van der Waals surface area (Å²) in [6.45, 7) is 4.01. The van der Waals surface area contributed by atoms with Gasteiger partial charge in [0.15, 0.2) is 0 Å². The van der Waals surface area contributed by atoms with E-state index in [4.69, 9.17) is 4.74 Å². The minimum atomic E-state index is 0.468. The molecule has 0 aliphatic heterocycles. The smallest absolute Gasteiger partial charge is 0.0720 e. The molecule has 1 aromatic carbocycles. The van der Waals surface area contributed by atoms with E-state index in [1.54, 1.807) is 0 Å². The number of hydrogen-bond acceptors (Lipinski definition) is 2. The van der Waals surface area contributed by atoms with Gasteiger partial charge in [0.25, 0.3) is 0 Å². The van der Waals surface area contributed by atoms with E-state index in [0.29, 0.717) is 6.10 Å².